The lowest BCUT2D eigenvalue weighted by atomic mass is 10.1. The van der Waals surface area contributed by atoms with E-state index in [2.05, 4.69) is 20.4 Å². The highest BCUT2D eigenvalue weighted by Crippen LogP contribution is 2.26. The van der Waals surface area contributed by atoms with Crippen LogP contribution in [0.5, 0.6) is 17.4 Å². The number of pyridine rings is 2. The number of carbonyl (C=O) groups excluding carboxylic acids is 2. The first-order chi connectivity index (χ1) is 15.4. The van der Waals surface area contributed by atoms with E-state index in [1.54, 1.807) is 18.3 Å². The summed E-state index contributed by atoms with van der Waals surface area (Å²) in [4.78, 5) is 32.0. The molecule has 2 amide bonds. The summed E-state index contributed by atoms with van der Waals surface area (Å²) in [6.45, 7) is 0. The molecule has 4 aromatic rings. The third-order valence-corrected chi connectivity index (χ3v) is 4.40. The predicted octanol–water partition coefficient (Wildman–Crippen LogP) is 2.34. The molecular weight excluding hydrogens is 419 g/mol. The maximum absolute atomic E-state index is 14.5. The standard InChI is InChI=1S/C21H17FN6O4/c1-31-16-5-3-9-28-19(16)26-21(27-28)25-17(29)11-12-6-7-15(14(22)10-12)32-20-13(18(23)30)4-2-8-24-20/h2-10H,11H2,1H3,(H2,23,30)(H,25,27,29). The highest BCUT2D eigenvalue weighted by molar-refractivity contribution is 5.95. The molecule has 0 aliphatic carbocycles. The van der Waals surface area contributed by atoms with E-state index < -0.39 is 17.6 Å². The summed E-state index contributed by atoms with van der Waals surface area (Å²) in [6.07, 6.45) is 2.93. The summed E-state index contributed by atoms with van der Waals surface area (Å²) in [6, 6.07) is 10.4. The van der Waals surface area contributed by atoms with Gasteiger partial charge in [0.15, 0.2) is 23.0 Å². The van der Waals surface area contributed by atoms with E-state index in [0.717, 1.165) is 6.07 Å². The number of ether oxygens (including phenoxy) is 2. The fourth-order valence-electron chi connectivity index (χ4n) is 2.95. The Morgan fingerprint density at radius 3 is 2.78 bits per heavy atom. The number of nitrogens with zero attached hydrogens (tertiary/aromatic N) is 4. The van der Waals surface area contributed by atoms with Gasteiger partial charge in [0.05, 0.1) is 13.5 Å². The van der Waals surface area contributed by atoms with Crippen molar-refractivity contribution in [2.75, 3.05) is 12.4 Å². The van der Waals surface area contributed by atoms with Gasteiger partial charge in [0.2, 0.25) is 17.7 Å². The molecule has 162 valence electrons. The number of nitrogens with one attached hydrogen (secondary N) is 1. The van der Waals surface area contributed by atoms with E-state index in [9.17, 15) is 14.0 Å². The second-order valence-corrected chi connectivity index (χ2v) is 6.59. The Bertz CT molecular complexity index is 1320. The molecule has 1 aromatic carbocycles. The second kappa shape index (κ2) is 8.68. The molecule has 3 heterocycles. The van der Waals surface area contributed by atoms with Crippen molar-refractivity contribution >= 4 is 23.4 Å². The van der Waals surface area contributed by atoms with Crippen LogP contribution in [-0.2, 0) is 11.2 Å². The number of anilines is 1. The van der Waals surface area contributed by atoms with Crippen molar-refractivity contribution in [1.29, 1.82) is 0 Å². The minimum Gasteiger partial charge on any atom is -0.493 e. The third kappa shape index (κ3) is 4.31. The number of primary amides is 1. The summed E-state index contributed by atoms with van der Waals surface area (Å²) in [5.41, 5.74) is 6.13. The van der Waals surface area contributed by atoms with Crippen molar-refractivity contribution in [1.82, 2.24) is 19.6 Å². The zero-order valence-electron chi connectivity index (χ0n) is 16.8. The maximum Gasteiger partial charge on any atom is 0.254 e. The molecule has 11 heteroatoms. The first-order valence-electron chi connectivity index (χ1n) is 9.35. The lowest BCUT2D eigenvalue weighted by Crippen LogP contribution is -2.15. The minimum atomic E-state index is -0.750. The number of fused-ring (bicyclic) bond motifs is 1. The highest BCUT2D eigenvalue weighted by Gasteiger charge is 2.15. The summed E-state index contributed by atoms with van der Waals surface area (Å²) in [7, 11) is 1.51. The molecule has 0 aliphatic rings. The van der Waals surface area contributed by atoms with Crippen LogP contribution in [-0.4, -0.2) is 38.5 Å². The van der Waals surface area contributed by atoms with Crippen molar-refractivity contribution in [2.45, 2.75) is 6.42 Å². The number of methoxy groups -OCH3 is 1. The Hall–Kier alpha value is -4.54. The van der Waals surface area contributed by atoms with Gasteiger partial charge in [-0.15, -0.1) is 5.10 Å². The number of halogens is 1. The van der Waals surface area contributed by atoms with Crippen molar-refractivity contribution in [3.63, 3.8) is 0 Å². The molecule has 0 fully saturated rings. The number of rotatable bonds is 7. The molecule has 0 radical (unpaired) electrons. The minimum absolute atomic E-state index is 0.0203. The van der Waals surface area contributed by atoms with Crippen LogP contribution in [0.15, 0.2) is 54.9 Å². The van der Waals surface area contributed by atoms with Gasteiger partial charge in [-0.3, -0.25) is 14.9 Å². The van der Waals surface area contributed by atoms with Crippen LogP contribution in [0.4, 0.5) is 10.3 Å². The van der Waals surface area contributed by atoms with E-state index in [1.165, 1.54) is 42.1 Å². The second-order valence-electron chi connectivity index (χ2n) is 6.59. The fraction of sp³-hybridized carbons (Fsp3) is 0.0952. The molecule has 0 bridgehead atoms. The van der Waals surface area contributed by atoms with Crippen molar-refractivity contribution < 1.29 is 23.5 Å². The fourth-order valence-corrected chi connectivity index (χ4v) is 2.95. The van der Waals surface area contributed by atoms with Crippen LogP contribution in [0.3, 0.4) is 0 Å². The van der Waals surface area contributed by atoms with Crippen molar-refractivity contribution in [3.05, 3.63) is 71.8 Å². The molecule has 0 saturated heterocycles. The van der Waals surface area contributed by atoms with Gasteiger partial charge >= 0.3 is 0 Å². The molecule has 3 N–H and O–H groups in total. The smallest absolute Gasteiger partial charge is 0.254 e. The molecular formula is C21H17FN6O4. The third-order valence-electron chi connectivity index (χ3n) is 4.40. The molecule has 0 atom stereocenters. The Morgan fingerprint density at radius 1 is 1.19 bits per heavy atom. The van der Waals surface area contributed by atoms with E-state index >= 15 is 0 Å². The summed E-state index contributed by atoms with van der Waals surface area (Å²) in [5.74, 6) is -1.59. The first-order valence-corrected chi connectivity index (χ1v) is 9.35. The van der Waals surface area contributed by atoms with Crippen LogP contribution in [0, 0.1) is 5.82 Å². The molecule has 0 aliphatic heterocycles. The Morgan fingerprint density at radius 2 is 2.03 bits per heavy atom. The molecule has 32 heavy (non-hydrogen) atoms. The molecule has 0 unspecified atom stereocenters. The Kier molecular flexibility index (Phi) is 5.62. The van der Waals surface area contributed by atoms with Gasteiger partial charge in [-0.05, 0) is 42.0 Å². The van der Waals surface area contributed by atoms with Crippen LogP contribution >= 0.6 is 0 Å². The number of hydrogen-bond donors (Lipinski definition) is 2. The SMILES string of the molecule is COc1cccn2nc(NC(=O)Cc3ccc(Oc4ncccc4C(N)=O)c(F)c3)nc12. The number of amides is 2. The van der Waals surface area contributed by atoms with Gasteiger partial charge in [0.25, 0.3) is 5.91 Å². The van der Waals surface area contributed by atoms with Gasteiger partial charge in [-0.25, -0.2) is 13.9 Å². The number of hydrogen-bond acceptors (Lipinski definition) is 7. The molecule has 3 aromatic heterocycles. The number of aromatic nitrogens is 4. The summed E-state index contributed by atoms with van der Waals surface area (Å²) >= 11 is 0. The van der Waals surface area contributed by atoms with Crippen molar-refractivity contribution in [3.8, 4) is 17.4 Å². The number of carbonyl (C=O) groups is 2. The monoisotopic (exact) mass is 436 g/mol. The van der Waals surface area contributed by atoms with Gasteiger partial charge in [0, 0.05) is 12.4 Å². The normalized spacial score (nSPS) is 10.7. The molecule has 0 spiro atoms. The zero-order chi connectivity index (χ0) is 22.7. The maximum atomic E-state index is 14.5. The van der Waals surface area contributed by atoms with E-state index in [4.69, 9.17) is 15.2 Å². The van der Waals surface area contributed by atoms with E-state index in [1.807, 2.05) is 0 Å². The lowest BCUT2D eigenvalue weighted by molar-refractivity contribution is -0.115. The highest BCUT2D eigenvalue weighted by atomic mass is 19.1. The van der Waals surface area contributed by atoms with Crippen LogP contribution < -0.4 is 20.5 Å². The molecule has 0 saturated carbocycles. The number of benzene rings is 1. The summed E-state index contributed by atoms with van der Waals surface area (Å²) < 4.78 is 26.6. The largest absolute Gasteiger partial charge is 0.493 e. The van der Waals surface area contributed by atoms with E-state index in [0.29, 0.717) is 17.0 Å². The quantitative estimate of drug-likeness (QED) is 0.454. The van der Waals surface area contributed by atoms with Gasteiger partial charge in [-0.1, -0.05) is 6.07 Å². The predicted molar refractivity (Wildman–Crippen MR) is 111 cm³/mol. The topological polar surface area (TPSA) is 134 Å². The zero-order valence-corrected chi connectivity index (χ0v) is 16.8. The van der Waals surface area contributed by atoms with Crippen LogP contribution in [0.1, 0.15) is 15.9 Å². The molecule has 10 nitrogen and oxygen atoms in total. The first kappa shape index (κ1) is 20.7. The van der Waals surface area contributed by atoms with Gasteiger partial charge in [-0.2, -0.15) is 4.98 Å². The summed E-state index contributed by atoms with van der Waals surface area (Å²) in [5, 5.41) is 6.73. The molecule has 4 rings (SSSR count). The average Bonchev–Trinajstić information content (AvgIpc) is 3.18. The van der Waals surface area contributed by atoms with Crippen LogP contribution in [0.25, 0.3) is 5.65 Å². The Balaban J connectivity index is 1.46. The Labute approximate surface area is 180 Å². The van der Waals surface area contributed by atoms with Crippen LogP contribution in [0.2, 0.25) is 0 Å². The van der Waals surface area contributed by atoms with Crippen molar-refractivity contribution in [2.24, 2.45) is 5.73 Å². The van der Waals surface area contributed by atoms with Gasteiger partial charge in [0.1, 0.15) is 5.56 Å². The van der Waals surface area contributed by atoms with Gasteiger partial charge < -0.3 is 15.2 Å². The van der Waals surface area contributed by atoms with E-state index in [-0.39, 0.29) is 29.6 Å². The average molecular weight is 436 g/mol. The number of nitrogens with two attached hydrogens (primary N) is 1. The lowest BCUT2D eigenvalue weighted by Gasteiger charge is -2.09.